The summed E-state index contributed by atoms with van der Waals surface area (Å²) in [5, 5.41) is 5.95. The molecule has 2 aromatic heterocycles. The summed E-state index contributed by atoms with van der Waals surface area (Å²) >= 11 is 5.71. The van der Waals surface area contributed by atoms with Crippen LogP contribution in [0.15, 0.2) is 48.8 Å². The summed E-state index contributed by atoms with van der Waals surface area (Å²) in [6.07, 6.45) is -2.43. The van der Waals surface area contributed by atoms with Gasteiger partial charge in [0.05, 0.1) is 21.8 Å². The third-order valence-electron chi connectivity index (χ3n) is 3.94. The Morgan fingerprint density at radius 3 is 2.47 bits per heavy atom. The van der Waals surface area contributed by atoms with Crippen molar-refractivity contribution >= 4 is 29.3 Å². The van der Waals surface area contributed by atoms with Gasteiger partial charge < -0.3 is 10.1 Å². The number of aryl methyl sites for hydroxylation is 1. The van der Waals surface area contributed by atoms with E-state index in [1.165, 1.54) is 12.1 Å². The van der Waals surface area contributed by atoms with Crippen molar-refractivity contribution in [3.8, 4) is 5.69 Å². The molecule has 1 aromatic carbocycles. The molecule has 0 radical (unpaired) electrons. The fourth-order valence-electron chi connectivity index (χ4n) is 2.45. The number of hydrogen-bond acceptors (Lipinski definition) is 5. The van der Waals surface area contributed by atoms with E-state index in [4.69, 9.17) is 16.3 Å². The summed E-state index contributed by atoms with van der Waals surface area (Å²) in [5.74, 6) is -1.83. The summed E-state index contributed by atoms with van der Waals surface area (Å²) in [4.78, 5) is 27.5. The molecule has 2 heterocycles. The van der Waals surface area contributed by atoms with Crippen molar-refractivity contribution in [1.29, 1.82) is 0 Å². The number of hydrogen-bond donors (Lipinski definition) is 1. The molecule has 0 fully saturated rings. The van der Waals surface area contributed by atoms with Gasteiger partial charge in [0.25, 0.3) is 5.91 Å². The number of rotatable bonds is 5. The lowest BCUT2D eigenvalue weighted by Gasteiger charge is -2.10. The molecule has 0 atom stereocenters. The number of anilines is 1. The van der Waals surface area contributed by atoms with E-state index < -0.39 is 35.2 Å². The van der Waals surface area contributed by atoms with Crippen LogP contribution in [0.1, 0.15) is 21.6 Å². The monoisotopic (exact) mass is 438 g/mol. The van der Waals surface area contributed by atoms with E-state index >= 15 is 0 Å². The van der Waals surface area contributed by atoms with E-state index in [1.807, 2.05) is 13.0 Å². The van der Waals surface area contributed by atoms with Crippen molar-refractivity contribution in [2.24, 2.45) is 0 Å². The number of pyridine rings is 1. The van der Waals surface area contributed by atoms with Crippen LogP contribution < -0.4 is 5.32 Å². The van der Waals surface area contributed by atoms with Crippen LogP contribution in [0.3, 0.4) is 0 Å². The predicted molar refractivity (Wildman–Crippen MR) is 101 cm³/mol. The number of benzene rings is 1. The van der Waals surface area contributed by atoms with Gasteiger partial charge in [-0.05, 0) is 43.3 Å². The molecule has 156 valence electrons. The average molecular weight is 439 g/mol. The summed E-state index contributed by atoms with van der Waals surface area (Å²) in [5.41, 5.74) is 0.820. The SMILES string of the molecule is Cc1ccnn1-c1ccc(C(=O)OCC(=O)Nc2ncc(C(F)(F)F)cc2Cl)cc1. The molecule has 0 aliphatic heterocycles. The largest absolute Gasteiger partial charge is 0.452 e. The van der Waals surface area contributed by atoms with Gasteiger partial charge in [0.15, 0.2) is 12.4 Å². The number of carbonyl (C=O) groups excluding carboxylic acids is 2. The Labute approximate surface area is 173 Å². The van der Waals surface area contributed by atoms with Gasteiger partial charge in [0.2, 0.25) is 0 Å². The number of amides is 1. The Hall–Kier alpha value is -3.40. The smallest absolute Gasteiger partial charge is 0.417 e. The number of aromatic nitrogens is 3. The first-order chi connectivity index (χ1) is 14.1. The molecule has 0 unspecified atom stereocenters. The van der Waals surface area contributed by atoms with E-state index in [9.17, 15) is 22.8 Å². The molecule has 0 saturated heterocycles. The fourth-order valence-corrected chi connectivity index (χ4v) is 2.66. The van der Waals surface area contributed by atoms with E-state index in [-0.39, 0.29) is 11.4 Å². The predicted octanol–water partition coefficient (Wildman–Crippen LogP) is 4.04. The Bertz CT molecular complexity index is 1080. The topological polar surface area (TPSA) is 86.1 Å². The highest BCUT2D eigenvalue weighted by atomic mass is 35.5. The number of esters is 1. The van der Waals surface area contributed by atoms with Crippen LogP contribution in [-0.2, 0) is 15.7 Å². The molecule has 1 amide bonds. The summed E-state index contributed by atoms with van der Waals surface area (Å²) in [6.45, 7) is 1.21. The lowest BCUT2D eigenvalue weighted by molar-refractivity contribution is -0.137. The molecule has 7 nitrogen and oxygen atoms in total. The van der Waals surface area contributed by atoms with Crippen LogP contribution in [0, 0.1) is 6.92 Å². The lowest BCUT2D eigenvalue weighted by Crippen LogP contribution is -2.22. The van der Waals surface area contributed by atoms with Crippen molar-refractivity contribution in [2.45, 2.75) is 13.1 Å². The molecule has 0 bridgehead atoms. The van der Waals surface area contributed by atoms with Crippen molar-refractivity contribution in [1.82, 2.24) is 14.8 Å². The first-order valence-corrected chi connectivity index (χ1v) is 8.84. The van der Waals surface area contributed by atoms with Gasteiger partial charge in [0.1, 0.15) is 0 Å². The van der Waals surface area contributed by atoms with E-state index in [0.29, 0.717) is 12.3 Å². The van der Waals surface area contributed by atoms with Crippen LogP contribution in [0.25, 0.3) is 5.69 Å². The lowest BCUT2D eigenvalue weighted by atomic mass is 10.2. The number of nitrogens with one attached hydrogen (secondary N) is 1. The zero-order chi connectivity index (χ0) is 21.9. The van der Waals surface area contributed by atoms with Crippen molar-refractivity contribution < 1.29 is 27.5 Å². The molecule has 3 rings (SSSR count). The Kier molecular flexibility index (Phi) is 6.06. The molecular formula is C19H14ClF3N4O3. The van der Waals surface area contributed by atoms with Gasteiger partial charge >= 0.3 is 12.1 Å². The van der Waals surface area contributed by atoms with Gasteiger partial charge in [-0.3, -0.25) is 4.79 Å². The third-order valence-corrected chi connectivity index (χ3v) is 4.23. The standard InChI is InChI=1S/C19H14ClF3N4O3/c1-11-6-7-25-27(11)14-4-2-12(3-5-14)18(29)30-10-16(28)26-17-15(20)8-13(9-24-17)19(21,22)23/h2-9H,10H2,1H3,(H,24,26,28). The van der Waals surface area contributed by atoms with E-state index in [2.05, 4.69) is 15.4 Å². The first kappa shape index (κ1) is 21.3. The van der Waals surface area contributed by atoms with Crippen molar-refractivity contribution in [3.63, 3.8) is 0 Å². The minimum absolute atomic E-state index is 0.210. The first-order valence-electron chi connectivity index (χ1n) is 8.46. The fraction of sp³-hybridized carbons (Fsp3) is 0.158. The molecule has 0 saturated carbocycles. The van der Waals surface area contributed by atoms with Gasteiger partial charge in [-0.15, -0.1) is 0 Å². The van der Waals surface area contributed by atoms with Gasteiger partial charge in [-0.1, -0.05) is 11.6 Å². The van der Waals surface area contributed by atoms with Crippen LogP contribution in [0.4, 0.5) is 19.0 Å². The van der Waals surface area contributed by atoms with Gasteiger partial charge in [-0.25, -0.2) is 14.5 Å². The third kappa shape index (κ3) is 4.95. The molecule has 1 N–H and O–H groups in total. The summed E-state index contributed by atoms with van der Waals surface area (Å²) in [7, 11) is 0. The molecule has 0 aliphatic carbocycles. The molecule has 30 heavy (non-hydrogen) atoms. The van der Waals surface area contributed by atoms with Crippen molar-refractivity contribution in [2.75, 3.05) is 11.9 Å². The number of halogens is 4. The summed E-state index contributed by atoms with van der Waals surface area (Å²) in [6, 6.07) is 8.85. The maximum Gasteiger partial charge on any atom is 0.417 e. The molecular weight excluding hydrogens is 425 g/mol. The second-order valence-corrected chi connectivity index (χ2v) is 6.51. The average Bonchev–Trinajstić information content (AvgIpc) is 3.13. The highest BCUT2D eigenvalue weighted by molar-refractivity contribution is 6.33. The molecule has 11 heteroatoms. The van der Waals surface area contributed by atoms with Gasteiger partial charge in [0, 0.05) is 18.1 Å². The second-order valence-electron chi connectivity index (χ2n) is 6.11. The second kappa shape index (κ2) is 8.54. The quantitative estimate of drug-likeness (QED) is 0.607. The number of nitrogens with zero attached hydrogens (tertiary/aromatic N) is 3. The minimum Gasteiger partial charge on any atom is -0.452 e. The maximum absolute atomic E-state index is 12.6. The van der Waals surface area contributed by atoms with E-state index in [1.54, 1.807) is 23.0 Å². The van der Waals surface area contributed by atoms with Crippen LogP contribution in [0.2, 0.25) is 5.02 Å². The van der Waals surface area contributed by atoms with E-state index in [0.717, 1.165) is 11.4 Å². The number of ether oxygens (including phenoxy) is 1. The zero-order valence-electron chi connectivity index (χ0n) is 15.4. The van der Waals surface area contributed by atoms with Crippen LogP contribution in [0.5, 0.6) is 0 Å². The van der Waals surface area contributed by atoms with Crippen molar-refractivity contribution in [3.05, 3.63) is 70.6 Å². The molecule has 0 spiro atoms. The normalized spacial score (nSPS) is 11.2. The number of carbonyl (C=O) groups is 2. The Balaban J connectivity index is 1.57. The maximum atomic E-state index is 12.6. The molecule has 0 aliphatic rings. The van der Waals surface area contributed by atoms with Crippen LogP contribution >= 0.6 is 11.6 Å². The van der Waals surface area contributed by atoms with Crippen LogP contribution in [-0.4, -0.2) is 33.2 Å². The zero-order valence-corrected chi connectivity index (χ0v) is 16.2. The Morgan fingerprint density at radius 2 is 1.90 bits per heavy atom. The number of alkyl halides is 3. The highest BCUT2D eigenvalue weighted by Crippen LogP contribution is 2.32. The summed E-state index contributed by atoms with van der Waals surface area (Å²) < 4.78 is 44.4. The Morgan fingerprint density at radius 1 is 1.20 bits per heavy atom. The minimum atomic E-state index is -4.61. The van der Waals surface area contributed by atoms with Gasteiger partial charge in [-0.2, -0.15) is 18.3 Å². The molecule has 3 aromatic rings. The highest BCUT2D eigenvalue weighted by Gasteiger charge is 2.31.